The Morgan fingerprint density at radius 3 is 2.04 bits per heavy atom. The molecule has 0 radical (unpaired) electrons. The van der Waals surface area contributed by atoms with E-state index in [1.54, 1.807) is 16.8 Å². The second-order valence-electron chi connectivity index (χ2n) is 5.82. The maximum Gasteiger partial charge on any atom is 0.243 e. The highest BCUT2D eigenvalue weighted by molar-refractivity contribution is 5.88. The van der Waals surface area contributed by atoms with Crippen LogP contribution in [0, 0.1) is 6.92 Å². The van der Waals surface area contributed by atoms with E-state index in [9.17, 15) is 9.59 Å². The monoisotopic (exact) mass is 324 g/mol. The minimum Gasteiger partial charge on any atom is -0.320 e. The van der Waals surface area contributed by atoms with Crippen molar-refractivity contribution in [3.8, 4) is 0 Å². The Morgan fingerprint density at radius 2 is 1.58 bits per heavy atom. The number of carbonyl (C=O) groups excluding carboxylic acids is 2. The van der Waals surface area contributed by atoms with Crippen LogP contribution in [-0.4, -0.2) is 35.2 Å². The largest absolute Gasteiger partial charge is 0.320 e. The zero-order chi connectivity index (χ0) is 17.5. The van der Waals surface area contributed by atoms with Gasteiger partial charge in [0.15, 0.2) is 0 Å². The third kappa shape index (κ3) is 4.22. The first-order valence-electron chi connectivity index (χ1n) is 8.16. The summed E-state index contributed by atoms with van der Waals surface area (Å²) in [5.41, 5.74) is 2.30. The zero-order valence-corrected chi connectivity index (χ0v) is 14.5. The summed E-state index contributed by atoms with van der Waals surface area (Å²) in [4.78, 5) is 26.8. The van der Waals surface area contributed by atoms with Crippen LogP contribution in [0.5, 0.6) is 0 Å². The van der Waals surface area contributed by atoms with Gasteiger partial charge in [-0.1, -0.05) is 73.2 Å². The van der Waals surface area contributed by atoms with Crippen molar-refractivity contribution in [1.29, 1.82) is 0 Å². The van der Waals surface area contributed by atoms with Crippen molar-refractivity contribution in [2.75, 3.05) is 13.6 Å². The quantitative estimate of drug-likeness (QED) is 0.849. The highest BCUT2D eigenvalue weighted by Gasteiger charge is 2.38. The number of likely N-dealkylation sites (N-methyl/N-ethyl adjacent to an activating group) is 1. The van der Waals surface area contributed by atoms with Gasteiger partial charge in [0.2, 0.25) is 11.8 Å². The molecule has 24 heavy (non-hydrogen) atoms. The van der Waals surface area contributed by atoms with Crippen LogP contribution in [0.15, 0.2) is 60.7 Å². The molecule has 0 aromatic heterocycles. The lowest BCUT2D eigenvalue weighted by molar-refractivity contribution is -0.133. The smallest absolute Gasteiger partial charge is 0.243 e. The fourth-order valence-corrected chi connectivity index (χ4v) is 2.68. The molecule has 2 aromatic carbocycles. The van der Waals surface area contributed by atoms with Crippen molar-refractivity contribution < 1.29 is 9.59 Å². The summed E-state index contributed by atoms with van der Waals surface area (Å²) in [5, 5.41) is 0. The number of aryl methyl sites for hydroxylation is 1. The van der Waals surface area contributed by atoms with Crippen molar-refractivity contribution in [1.82, 2.24) is 9.80 Å². The van der Waals surface area contributed by atoms with Crippen LogP contribution < -0.4 is 0 Å². The molecule has 4 heteroatoms. The third-order valence-electron chi connectivity index (χ3n) is 4.02. The minimum absolute atomic E-state index is 0.0107. The fourth-order valence-electron chi connectivity index (χ4n) is 2.68. The normalized spacial score (nSPS) is 16.6. The number of hydrogen-bond donors (Lipinski definition) is 0. The molecule has 1 unspecified atom stereocenters. The molecule has 3 rings (SSSR count). The van der Waals surface area contributed by atoms with Crippen molar-refractivity contribution in [2.24, 2.45) is 0 Å². The number of carbonyl (C=O) groups is 2. The molecule has 0 N–H and O–H groups in total. The second kappa shape index (κ2) is 8.29. The van der Waals surface area contributed by atoms with Gasteiger partial charge in [0, 0.05) is 13.5 Å². The molecule has 1 fully saturated rings. The molecule has 1 aliphatic rings. The average Bonchev–Trinajstić information content (AvgIpc) is 2.91. The van der Waals surface area contributed by atoms with Gasteiger partial charge in [0.25, 0.3) is 0 Å². The van der Waals surface area contributed by atoms with Crippen molar-refractivity contribution in [3.63, 3.8) is 0 Å². The molecule has 0 aliphatic carbocycles. The Balaban J connectivity index is 0.000000249. The van der Waals surface area contributed by atoms with E-state index < -0.39 is 0 Å². The Morgan fingerprint density at radius 1 is 1.04 bits per heavy atom. The van der Waals surface area contributed by atoms with E-state index in [2.05, 4.69) is 19.1 Å². The second-order valence-corrected chi connectivity index (χ2v) is 5.82. The molecule has 1 aliphatic heterocycles. The predicted molar refractivity (Wildman–Crippen MR) is 95.1 cm³/mol. The molecular formula is C20H24N2O2. The van der Waals surface area contributed by atoms with Gasteiger partial charge >= 0.3 is 0 Å². The first-order valence-corrected chi connectivity index (χ1v) is 8.16. The summed E-state index contributed by atoms with van der Waals surface area (Å²) < 4.78 is 0. The fraction of sp³-hybridized carbons (Fsp3) is 0.300. The number of amides is 2. The standard InChI is InChI=1S/C13H16N2O2.C7H8/c1-3-11(16)15-9-12(17)14(2)13(15)10-7-5-4-6-8-10;1-7-5-3-2-4-6-7/h4-8,13H,3,9H2,1-2H3;2-6H,1H3. The maximum absolute atomic E-state index is 11.8. The highest BCUT2D eigenvalue weighted by Crippen LogP contribution is 2.29. The maximum atomic E-state index is 11.8. The van der Waals surface area contributed by atoms with Crippen LogP contribution in [0.25, 0.3) is 0 Å². The van der Waals surface area contributed by atoms with E-state index in [1.807, 2.05) is 55.5 Å². The first-order chi connectivity index (χ1) is 11.5. The molecule has 4 nitrogen and oxygen atoms in total. The topological polar surface area (TPSA) is 40.6 Å². The number of nitrogens with zero attached hydrogens (tertiary/aromatic N) is 2. The van der Waals surface area contributed by atoms with Gasteiger partial charge in [0.1, 0.15) is 12.7 Å². The summed E-state index contributed by atoms with van der Waals surface area (Å²) in [6.07, 6.45) is 0.168. The first kappa shape index (κ1) is 17.7. The van der Waals surface area contributed by atoms with Crippen molar-refractivity contribution in [2.45, 2.75) is 26.4 Å². The molecule has 126 valence electrons. The molecule has 2 aromatic rings. The third-order valence-corrected chi connectivity index (χ3v) is 4.02. The van der Waals surface area contributed by atoms with Crippen LogP contribution in [0.2, 0.25) is 0 Å². The lowest BCUT2D eigenvalue weighted by Crippen LogP contribution is -2.33. The summed E-state index contributed by atoms with van der Waals surface area (Å²) >= 11 is 0. The van der Waals surface area contributed by atoms with Crippen LogP contribution in [-0.2, 0) is 9.59 Å². The lowest BCUT2D eigenvalue weighted by Gasteiger charge is -2.27. The van der Waals surface area contributed by atoms with Crippen LogP contribution in [0.1, 0.15) is 30.6 Å². The van der Waals surface area contributed by atoms with Gasteiger partial charge in [-0.2, -0.15) is 0 Å². The lowest BCUT2D eigenvalue weighted by atomic mass is 10.1. The van der Waals surface area contributed by atoms with E-state index >= 15 is 0 Å². The van der Waals surface area contributed by atoms with Crippen LogP contribution in [0.3, 0.4) is 0 Å². The molecule has 0 saturated carbocycles. The Hall–Kier alpha value is -2.62. The molecule has 0 spiro atoms. The van der Waals surface area contributed by atoms with Gasteiger partial charge in [-0.05, 0) is 12.5 Å². The van der Waals surface area contributed by atoms with E-state index in [1.165, 1.54) is 5.56 Å². The highest BCUT2D eigenvalue weighted by atomic mass is 16.2. The summed E-state index contributed by atoms with van der Waals surface area (Å²) in [7, 11) is 1.74. The van der Waals surface area contributed by atoms with Gasteiger partial charge in [-0.3, -0.25) is 9.59 Å². The SMILES string of the molecule is CCC(=O)N1CC(=O)N(C)C1c1ccccc1.Cc1ccccc1. The van der Waals surface area contributed by atoms with Crippen molar-refractivity contribution >= 4 is 11.8 Å². The van der Waals surface area contributed by atoms with Gasteiger partial charge < -0.3 is 9.80 Å². The van der Waals surface area contributed by atoms with E-state index in [0.29, 0.717) is 6.42 Å². The number of hydrogen-bond acceptors (Lipinski definition) is 2. The summed E-state index contributed by atoms with van der Waals surface area (Å²) in [6, 6.07) is 19.9. The van der Waals surface area contributed by atoms with E-state index in [4.69, 9.17) is 0 Å². The molecule has 2 amide bonds. The summed E-state index contributed by atoms with van der Waals surface area (Å²) in [5.74, 6) is -0.00259. The zero-order valence-electron chi connectivity index (χ0n) is 14.5. The Bertz CT molecular complexity index is 671. The molecule has 1 atom stereocenters. The predicted octanol–water partition coefficient (Wildman–Crippen LogP) is 3.39. The molecular weight excluding hydrogens is 300 g/mol. The minimum atomic E-state index is -0.254. The van der Waals surface area contributed by atoms with Crippen LogP contribution in [0.4, 0.5) is 0 Å². The number of rotatable bonds is 2. The molecule has 1 heterocycles. The van der Waals surface area contributed by atoms with Crippen molar-refractivity contribution in [3.05, 3.63) is 71.8 Å². The molecule has 1 saturated heterocycles. The van der Waals surface area contributed by atoms with Gasteiger partial charge in [-0.15, -0.1) is 0 Å². The van der Waals surface area contributed by atoms with Gasteiger partial charge in [0.05, 0.1) is 0 Å². The average molecular weight is 324 g/mol. The Labute approximate surface area is 143 Å². The van der Waals surface area contributed by atoms with Gasteiger partial charge in [-0.25, -0.2) is 0 Å². The summed E-state index contributed by atoms with van der Waals surface area (Å²) in [6.45, 7) is 4.08. The Kier molecular flexibility index (Phi) is 6.13. The van der Waals surface area contributed by atoms with E-state index in [-0.39, 0.29) is 24.5 Å². The van der Waals surface area contributed by atoms with Crippen LogP contribution >= 0.6 is 0 Å². The molecule has 0 bridgehead atoms. The number of benzene rings is 2. The van der Waals surface area contributed by atoms with E-state index in [0.717, 1.165) is 5.56 Å².